The maximum atomic E-state index is 12.4. The monoisotopic (exact) mass is 355 g/mol. The molecule has 1 heterocycles. The van der Waals surface area contributed by atoms with E-state index in [2.05, 4.69) is 12.2 Å². The van der Waals surface area contributed by atoms with Gasteiger partial charge in [0.05, 0.1) is 12.8 Å². The number of hydrogen-bond donors (Lipinski definition) is 0. The van der Waals surface area contributed by atoms with Crippen molar-refractivity contribution >= 4 is 22.2 Å². The van der Waals surface area contributed by atoms with Gasteiger partial charge in [-0.2, -0.15) is 4.31 Å². The van der Waals surface area contributed by atoms with E-state index in [0.717, 1.165) is 22.3 Å². The summed E-state index contributed by atoms with van der Waals surface area (Å²) in [5.74, 6) is 0. The van der Waals surface area contributed by atoms with E-state index in [0.29, 0.717) is 0 Å². The molecular weight excluding hydrogens is 334 g/mol. The second kappa shape index (κ2) is 5.27. The molecule has 0 radical (unpaired) electrons. The van der Waals surface area contributed by atoms with E-state index >= 15 is 0 Å². The summed E-state index contributed by atoms with van der Waals surface area (Å²) in [6.07, 6.45) is 5.38. The molecule has 1 saturated heterocycles. The zero-order valence-electron chi connectivity index (χ0n) is 14.6. The molecule has 0 N–H and O–H groups in total. The number of hydrogen-bond acceptors (Lipinski definition) is 3. The lowest BCUT2D eigenvalue weighted by Crippen LogP contribution is -2.42. The number of benzene rings is 2. The summed E-state index contributed by atoms with van der Waals surface area (Å²) in [5, 5.41) is 0. The topological polar surface area (TPSA) is 46.6 Å². The molecule has 0 bridgehead atoms. The second-order valence-electron chi connectivity index (χ2n) is 7.15. The molecule has 25 heavy (non-hydrogen) atoms. The summed E-state index contributed by atoms with van der Waals surface area (Å²) in [5.41, 5.74) is 2.32. The zero-order chi connectivity index (χ0) is 17.9. The van der Waals surface area contributed by atoms with Crippen LogP contribution in [0.4, 0.5) is 0 Å². The van der Waals surface area contributed by atoms with Crippen LogP contribution in [0.5, 0.6) is 0 Å². The van der Waals surface area contributed by atoms with Crippen molar-refractivity contribution in [2.45, 2.75) is 25.2 Å². The molecule has 4 rings (SSSR count). The van der Waals surface area contributed by atoms with Crippen molar-refractivity contribution in [3.8, 4) is 0 Å². The first kappa shape index (κ1) is 16.5. The first-order valence-electron chi connectivity index (χ1n) is 8.29. The minimum absolute atomic E-state index is 0.258. The molecule has 1 fully saturated rings. The fourth-order valence-electron chi connectivity index (χ4n) is 4.04. The van der Waals surface area contributed by atoms with Crippen LogP contribution in [-0.4, -0.2) is 31.2 Å². The van der Waals surface area contributed by atoms with Gasteiger partial charge in [-0.25, -0.2) is 8.42 Å². The molecule has 0 atom stereocenters. The first-order chi connectivity index (χ1) is 11.7. The molecule has 0 amide bonds. The van der Waals surface area contributed by atoms with Gasteiger partial charge in [0.2, 0.25) is 10.0 Å². The highest BCUT2D eigenvalue weighted by atomic mass is 32.2. The lowest BCUT2D eigenvalue weighted by molar-refractivity contribution is -0.0876. The van der Waals surface area contributed by atoms with Crippen LogP contribution >= 0.6 is 0 Å². The number of rotatable bonds is 1. The Labute approximate surface area is 148 Å². The van der Waals surface area contributed by atoms with E-state index in [9.17, 15) is 8.42 Å². The highest BCUT2D eigenvalue weighted by molar-refractivity contribution is 7.88. The van der Waals surface area contributed by atoms with E-state index in [1.165, 1.54) is 10.6 Å². The second-order valence-corrected chi connectivity index (χ2v) is 9.06. The summed E-state index contributed by atoms with van der Waals surface area (Å²) in [6, 6.07) is 16.1. The molecule has 4 nitrogen and oxygen atoms in total. The van der Waals surface area contributed by atoms with Crippen molar-refractivity contribution < 1.29 is 13.2 Å². The quantitative estimate of drug-likeness (QED) is 0.787. The predicted octanol–water partition coefficient (Wildman–Crippen LogP) is 3.44. The zero-order valence-corrected chi connectivity index (χ0v) is 15.4. The molecule has 2 aromatic rings. The van der Waals surface area contributed by atoms with E-state index in [1.807, 2.05) is 62.4 Å². The molecule has 0 unspecified atom stereocenters. The predicted molar refractivity (Wildman–Crippen MR) is 99.3 cm³/mol. The van der Waals surface area contributed by atoms with Crippen LogP contribution in [0.1, 0.15) is 36.1 Å². The smallest absolute Gasteiger partial charge is 0.213 e. The Morgan fingerprint density at radius 3 is 1.84 bits per heavy atom. The summed E-state index contributed by atoms with van der Waals surface area (Å²) >= 11 is 0. The van der Waals surface area contributed by atoms with E-state index in [-0.39, 0.29) is 6.54 Å². The van der Waals surface area contributed by atoms with Crippen LogP contribution < -0.4 is 0 Å². The summed E-state index contributed by atoms with van der Waals surface area (Å²) in [7, 11) is -3.41. The number of sulfonamides is 1. The summed E-state index contributed by atoms with van der Waals surface area (Å²) in [4.78, 5) is 0. The molecular formula is C20H21NO3S. The van der Waals surface area contributed by atoms with Crippen molar-refractivity contribution in [1.82, 2.24) is 4.31 Å². The minimum atomic E-state index is -3.41. The maximum Gasteiger partial charge on any atom is 0.213 e. The molecule has 5 heteroatoms. The molecule has 0 saturated carbocycles. The lowest BCUT2D eigenvalue weighted by Gasteiger charge is -2.32. The van der Waals surface area contributed by atoms with E-state index < -0.39 is 21.3 Å². The molecule has 1 aliphatic heterocycles. The minimum Gasteiger partial charge on any atom is -0.343 e. The average Bonchev–Trinajstić information content (AvgIpc) is 2.78. The van der Waals surface area contributed by atoms with Gasteiger partial charge < -0.3 is 4.74 Å². The van der Waals surface area contributed by atoms with Crippen molar-refractivity contribution in [2.24, 2.45) is 0 Å². The largest absolute Gasteiger partial charge is 0.343 e. The van der Waals surface area contributed by atoms with Gasteiger partial charge in [-0.3, -0.25) is 0 Å². The summed E-state index contributed by atoms with van der Waals surface area (Å²) in [6.45, 7) is 3.88. The van der Waals surface area contributed by atoms with Gasteiger partial charge in [-0.05, 0) is 36.1 Å². The van der Waals surface area contributed by atoms with Gasteiger partial charge in [0, 0.05) is 0 Å². The van der Waals surface area contributed by atoms with Gasteiger partial charge in [-0.15, -0.1) is 0 Å². The fourth-order valence-corrected chi connectivity index (χ4v) is 5.30. The van der Waals surface area contributed by atoms with Crippen molar-refractivity contribution in [3.05, 3.63) is 70.8 Å². The SMILES string of the molecule is CC1(C)OC2(CN1S(C)(=O)=O)c1ccccc1C=Cc1ccccc12. The molecule has 2 aliphatic rings. The van der Waals surface area contributed by atoms with Crippen LogP contribution in [0, 0.1) is 0 Å². The number of fused-ring (bicyclic) bond motifs is 4. The van der Waals surface area contributed by atoms with Gasteiger partial charge in [0.25, 0.3) is 0 Å². The Morgan fingerprint density at radius 2 is 1.40 bits per heavy atom. The van der Waals surface area contributed by atoms with Crippen molar-refractivity contribution in [3.63, 3.8) is 0 Å². The maximum absolute atomic E-state index is 12.4. The van der Waals surface area contributed by atoms with Gasteiger partial charge in [0.15, 0.2) is 0 Å². The van der Waals surface area contributed by atoms with Crippen LogP contribution in [0.15, 0.2) is 48.5 Å². The van der Waals surface area contributed by atoms with E-state index in [1.54, 1.807) is 0 Å². The average molecular weight is 355 g/mol. The third-order valence-electron chi connectivity index (χ3n) is 5.03. The van der Waals surface area contributed by atoms with Gasteiger partial charge >= 0.3 is 0 Å². The fraction of sp³-hybridized carbons (Fsp3) is 0.300. The van der Waals surface area contributed by atoms with E-state index in [4.69, 9.17) is 4.74 Å². The Balaban J connectivity index is 2.03. The molecule has 130 valence electrons. The Hall–Kier alpha value is -1.95. The van der Waals surface area contributed by atoms with Gasteiger partial charge in [0.1, 0.15) is 11.3 Å². The third kappa shape index (κ3) is 2.46. The molecule has 1 aliphatic carbocycles. The van der Waals surface area contributed by atoms with Crippen LogP contribution in [0.3, 0.4) is 0 Å². The van der Waals surface area contributed by atoms with Crippen LogP contribution in [-0.2, 0) is 20.4 Å². The van der Waals surface area contributed by atoms with Crippen molar-refractivity contribution in [2.75, 3.05) is 12.8 Å². The molecule has 1 spiro atoms. The van der Waals surface area contributed by atoms with Crippen molar-refractivity contribution in [1.29, 1.82) is 0 Å². The van der Waals surface area contributed by atoms with Crippen LogP contribution in [0.25, 0.3) is 12.2 Å². The highest BCUT2D eigenvalue weighted by Gasteiger charge is 2.56. The number of ether oxygens (including phenoxy) is 1. The first-order valence-corrected chi connectivity index (χ1v) is 10.1. The van der Waals surface area contributed by atoms with Gasteiger partial charge in [-0.1, -0.05) is 60.7 Å². The standard InChI is InChI=1S/C20H21NO3S/c1-19(2)21(25(3,22)23)14-20(24-19)17-10-6-4-8-15(17)12-13-16-9-5-7-11-18(16)20/h4-13H,14H2,1-3H3. The number of nitrogens with zero attached hydrogens (tertiary/aromatic N) is 1. The molecule has 0 aromatic heterocycles. The Bertz CT molecular complexity index is 926. The van der Waals surface area contributed by atoms with Crippen LogP contribution in [0.2, 0.25) is 0 Å². The normalized spacial score (nSPS) is 20.9. The molecule has 2 aromatic carbocycles. The summed E-state index contributed by atoms with van der Waals surface area (Å²) < 4.78 is 32.8. The highest BCUT2D eigenvalue weighted by Crippen LogP contribution is 2.49. The Morgan fingerprint density at radius 1 is 0.920 bits per heavy atom. The Kier molecular flexibility index (Phi) is 3.48. The third-order valence-corrected chi connectivity index (χ3v) is 6.39. The lowest BCUT2D eigenvalue weighted by atomic mass is 9.83.